The first-order valence-electron chi connectivity index (χ1n) is 6.79. The van der Waals surface area contributed by atoms with Gasteiger partial charge < -0.3 is 5.32 Å². The zero-order chi connectivity index (χ0) is 13.9. The fourth-order valence-electron chi connectivity index (χ4n) is 2.81. The molecule has 1 aromatic carbocycles. The third-order valence-electron chi connectivity index (χ3n) is 4.21. The van der Waals surface area contributed by atoms with E-state index in [1.165, 1.54) is 25.7 Å². The molecule has 0 bridgehead atoms. The molecule has 1 aromatic rings. The lowest BCUT2D eigenvalue weighted by Crippen LogP contribution is -2.35. The Morgan fingerprint density at radius 1 is 1.42 bits per heavy atom. The largest absolute Gasteiger partial charge is 0.351 e. The van der Waals surface area contributed by atoms with Crippen LogP contribution in [0, 0.1) is 5.41 Å². The van der Waals surface area contributed by atoms with Crippen LogP contribution in [0.15, 0.2) is 22.7 Å². The lowest BCUT2D eigenvalue weighted by Gasteiger charge is -2.27. The molecule has 0 heterocycles. The molecule has 104 valence electrons. The van der Waals surface area contributed by atoms with Crippen molar-refractivity contribution in [1.29, 1.82) is 0 Å². The van der Waals surface area contributed by atoms with Gasteiger partial charge >= 0.3 is 0 Å². The van der Waals surface area contributed by atoms with E-state index in [2.05, 4.69) is 28.2 Å². The highest BCUT2D eigenvalue weighted by Crippen LogP contribution is 2.40. The number of benzene rings is 1. The fourth-order valence-corrected chi connectivity index (χ4v) is 3.41. The molecule has 0 spiro atoms. The van der Waals surface area contributed by atoms with Crippen molar-refractivity contribution in [3.8, 4) is 0 Å². The fraction of sp³-hybridized carbons (Fsp3) is 0.533. The Balaban J connectivity index is 2.03. The van der Waals surface area contributed by atoms with Gasteiger partial charge in [0.2, 0.25) is 0 Å². The summed E-state index contributed by atoms with van der Waals surface area (Å²) in [5.41, 5.74) is 0.914. The van der Waals surface area contributed by atoms with Crippen molar-refractivity contribution in [2.24, 2.45) is 5.41 Å². The topological polar surface area (TPSA) is 29.1 Å². The Bertz CT molecular complexity index is 469. The summed E-state index contributed by atoms with van der Waals surface area (Å²) >= 11 is 9.34. The molecular formula is C15H19BrClNO. The number of carbonyl (C=O) groups is 1. The molecule has 19 heavy (non-hydrogen) atoms. The Morgan fingerprint density at radius 3 is 2.74 bits per heavy atom. The molecule has 1 aliphatic carbocycles. The van der Waals surface area contributed by atoms with Crippen LogP contribution in [0.3, 0.4) is 0 Å². The highest BCUT2D eigenvalue weighted by atomic mass is 79.9. The van der Waals surface area contributed by atoms with Crippen LogP contribution in [0.2, 0.25) is 5.02 Å². The van der Waals surface area contributed by atoms with Gasteiger partial charge in [0, 0.05) is 16.0 Å². The van der Waals surface area contributed by atoms with E-state index in [-0.39, 0.29) is 5.91 Å². The van der Waals surface area contributed by atoms with Crippen LogP contribution >= 0.6 is 27.5 Å². The minimum Gasteiger partial charge on any atom is -0.351 e. The molecule has 1 aliphatic rings. The number of hydrogen-bond donors (Lipinski definition) is 1. The standard InChI is InChI=1S/C15H19BrClNO/c1-2-15(7-3-4-8-15)10-18-14(19)12-9-11(17)5-6-13(12)16/h5-6,9H,2-4,7-8,10H2,1H3,(H,18,19). The van der Waals surface area contributed by atoms with Crippen LogP contribution in [0.25, 0.3) is 0 Å². The third kappa shape index (κ3) is 3.51. The molecule has 4 heteroatoms. The van der Waals surface area contributed by atoms with Gasteiger partial charge in [0.15, 0.2) is 0 Å². The molecule has 1 fully saturated rings. The Labute approximate surface area is 128 Å². The average Bonchev–Trinajstić information content (AvgIpc) is 2.88. The number of carbonyl (C=O) groups excluding carboxylic acids is 1. The van der Waals surface area contributed by atoms with E-state index in [9.17, 15) is 4.79 Å². The van der Waals surface area contributed by atoms with Crippen molar-refractivity contribution in [3.63, 3.8) is 0 Å². The van der Waals surface area contributed by atoms with Crippen molar-refractivity contribution in [3.05, 3.63) is 33.3 Å². The average molecular weight is 345 g/mol. The van der Waals surface area contributed by atoms with Crippen LogP contribution in [0.1, 0.15) is 49.4 Å². The van der Waals surface area contributed by atoms with Gasteiger partial charge in [-0.25, -0.2) is 0 Å². The van der Waals surface area contributed by atoms with E-state index in [0.717, 1.165) is 17.4 Å². The monoisotopic (exact) mass is 343 g/mol. The van der Waals surface area contributed by atoms with Crippen molar-refractivity contribution < 1.29 is 4.79 Å². The Kier molecular flexibility index (Phi) is 4.91. The predicted molar refractivity (Wildman–Crippen MR) is 82.7 cm³/mol. The lowest BCUT2D eigenvalue weighted by atomic mass is 9.83. The SMILES string of the molecule is CCC1(CNC(=O)c2cc(Cl)ccc2Br)CCCC1. The molecule has 0 aromatic heterocycles. The molecule has 0 saturated heterocycles. The summed E-state index contributed by atoms with van der Waals surface area (Å²) in [7, 11) is 0. The van der Waals surface area contributed by atoms with Crippen LogP contribution < -0.4 is 5.32 Å². The molecule has 2 nitrogen and oxygen atoms in total. The van der Waals surface area contributed by atoms with Crippen LogP contribution in [-0.4, -0.2) is 12.5 Å². The lowest BCUT2D eigenvalue weighted by molar-refractivity contribution is 0.0928. The second-order valence-electron chi connectivity index (χ2n) is 5.37. The van der Waals surface area contributed by atoms with Gasteiger partial charge in [-0.05, 0) is 58.8 Å². The molecule has 2 rings (SSSR count). The molecular weight excluding hydrogens is 326 g/mol. The number of rotatable bonds is 4. The second-order valence-corrected chi connectivity index (χ2v) is 6.66. The van der Waals surface area contributed by atoms with Crippen LogP contribution in [-0.2, 0) is 0 Å². The Morgan fingerprint density at radius 2 is 2.11 bits per heavy atom. The van der Waals surface area contributed by atoms with Crippen molar-refractivity contribution >= 4 is 33.4 Å². The molecule has 1 saturated carbocycles. The van der Waals surface area contributed by atoms with Crippen LogP contribution in [0.5, 0.6) is 0 Å². The van der Waals surface area contributed by atoms with Gasteiger partial charge in [0.25, 0.3) is 5.91 Å². The van der Waals surface area contributed by atoms with Gasteiger partial charge in [0.1, 0.15) is 0 Å². The number of amides is 1. The first-order valence-corrected chi connectivity index (χ1v) is 7.97. The summed E-state index contributed by atoms with van der Waals surface area (Å²) in [5, 5.41) is 3.66. The number of hydrogen-bond acceptors (Lipinski definition) is 1. The molecule has 0 aliphatic heterocycles. The smallest absolute Gasteiger partial charge is 0.252 e. The van der Waals surface area contributed by atoms with Gasteiger partial charge in [-0.3, -0.25) is 4.79 Å². The van der Waals surface area contributed by atoms with E-state index in [0.29, 0.717) is 16.0 Å². The second kappa shape index (κ2) is 6.27. The van der Waals surface area contributed by atoms with Crippen molar-refractivity contribution in [2.75, 3.05) is 6.54 Å². The maximum Gasteiger partial charge on any atom is 0.252 e. The zero-order valence-electron chi connectivity index (χ0n) is 11.1. The van der Waals surface area contributed by atoms with E-state index in [1.54, 1.807) is 12.1 Å². The van der Waals surface area contributed by atoms with Crippen LogP contribution in [0.4, 0.5) is 0 Å². The quantitative estimate of drug-likeness (QED) is 0.835. The van der Waals surface area contributed by atoms with Gasteiger partial charge in [0.05, 0.1) is 5.56 Å². The van der Waals surface area contributed by atoms with E-state index in [1.807, 2.05) is 6.07 Å². The summed E-state index contributed by atoms with van der Waals surface area (Å²) in [6.45, 7) is 2.98. The minimum absolute atomic E-state index is 0.0471. The van der Waals surface area contributed by atoms with Gasteiger partial charge in [-0.2, -0.15) is 0 Å². The predicted octanol–water partition coefficient (Wildman–Crippen LogP) is 4.80. The molecule has 0 atom stereocenters. The zero-order valence-corrected chi connectivity index (χ0v) is 13.5. The first kappa shape index (κ1) is 14.9. The first-order chi connectivity index (χ1) is 9.06. The molecule has 0 radical (unpaired) electrons. The molecule has 0 unspecified atom stereocenters. The summed E-state index contributed by atoms with van der Waals surface area (Å²) in [5.74, 6) is -0.0471. The molecule has 1 N–H and O–H groups in total. The van der Waals surface area contributed by atoms with Crippen molar-refractivity contribution in [1.82, 2.24) is 5.32 Å². The maximum atomic E-state index is 12.2. The third-order valence-corrected chi connectivity index (χ3v) is 5.14. The summed E-state index contributed by atoms with van der Waals surface area (Å²) in [4.78, 5) is 12.2. The number of nitrogens with one attached hydrogen (secondary N) is 1. The number of halogens is 2. The highest BCUT2D eigenvalue weighted by Gasteiger charge is 2.32. The summed E-state index contributed by atoms with van der Waals surface area (Å²) in [6, 6.07) is 5.28. The van der Waals surface area contributed by atoms with Crippen molar-refractivity contribution in [2.45, 2.75) is 39.0 Å². The summed E-state index contributed by atoms with van der Waals surface area (Å²) < 4.78 is 0.784. The van der Waals surface area contributed by atoms with Gasteiger partial charge in [-0.15, -0.1) is 0 Å². The maximum absolute atomic E-state index is 12.2. The van der Waals surface area contributed by atoms with E-state index in [4.69, 9.17) is 11.6 Å². The van der Waals surface area contributed by atoms with E-state index >= 15 is 0 Å². The normalized spacial score (nSPS) is 17.4. The summed E-state index contributed by atoms with van der Waals surface area (Å²) in [6.07, 6.45) is 6.14. The minimum atomic E-state index is -0.0471. The molecule has 1 amide bonds. The van der Waals surface area contributed by atoms with Gasteiger partial charge in [-0.1, -0.05) is 31.4 Å². The van der Waals surface area contributed by atoms with E-state index < -0.39 is 0 Å². The highest BCUT2D eigenvalue weighted by molar-refractivity contribution is 9.10. The Hall–Kier alpha value is -0.540.